The molecule has 1 aliphatic heterocycles. The molecule has 6 nitrogen and oxygen atoms in total. The van der Waals surface area contributed by atoms with E-state index in [9.17, 15) is 14.4 Å². The molecular weight excluding hydrogens is 250 g/mol. The largest absolute Gasteiger partial charge is 0.468 e. The van der Waals surface area contributed by atoms with E-state index in [2.05, 4.69) is 10.1 Å². The second-order valence-electron chi connectivity index (χ2n) is 5.81. The van der Waals surface area contributed by atoms with Gasteiger partial charge in [0.15, 0.2) is 5.60 Å². The van der Waals surface area contributed by atoms with Crippen molar-refractivity contribution in [2.45, 2.75) is 39.2 Å². The fourth-order valence-corrected chi connectivity index (χ4v) is 3.05. The van der Waals surface area contributed by atoms with Crippen molar-refractivity contribution in [3.05, 3.63) is 0 Å². The smallest absolute Gasteiger partial charge is 0.325 e. The summed E-state index contributed by atoms with van der Waals surface area (Å²) in [5.74, 6) is -1.87. The highest BCUT2D eigenvalue weighted by Crippen LogP contribution is 2.65. The molecule has 3 atom stereocenters. The number of esters is 2. The summed E-state index contributed by atoms with van der Waals surface area (Å²) >= 11 is 0. The summed E-state index contributed by atoms with van der Waals surface area (Å²) < 4.78 is 17.3. The third-order valence-corrected chi connectivity index (χ3v) is 4.97. The van der Waals surface area contributed by atoms with Crippen LogP contribution < -0.4 is 5.32 Å². The number of hydrogen-bond acceptors (Lipinski definition) is 5. The van der Waals surface area contributed by atoms with Gasteiger partial charge in [-0.3, -0.25) is 14.4 Å². The number of carbonyl (C=O) groups excluding carboxylic acids is 3. The molecule has 0 aromatic carbocycles. The van der Waals surface area contributed by atoms with Crippen molar-refractivity contribution in [1.29, 1.82) is 0 Å². The molecule has 0 aromatic rings. The van der Waals surface area contributed by atoms with E-state index in [1.807, 2.05) is 13.8 Å². The zero-order chi connectivity index (χ0) is 15.3. The minimum atomic E-state index is -1.52. The van der Waals surface area contributed by atoms with Crippen LogP contribution in [0.15, 0.2) is 0 Å². The van der Waals surface area contributed by atoms with Crippen molar-refractivity contribution in [2.24, 2.45) is 10.8 Å². The second kappa shape index (κ2) is 3.95. The first-order valence-electron chi connectivity index (χ1n) is 6.74. The van der Waals surface area contributed by atoms with Gasteiger partial charge >= 0.3 is 11.9 Å². The minimum absolute atomic E-state index is 0.391. The summed E-state index contributed by atoms with van der Waals surface area (Å²) in [6.07, 6.45) is 0.940. The van der Waals surface area contributed by atoms with E-state index in [0.717, 1.165) is 7.11 Å². The van der Waals surface area contributed by atoms with Crippen LogP contribution in [-0.2, 0) is 23.9 Å². The number of carbonyl (C=O) groups is 3. The van der Waals surface area contributed by atoms with Gasteiger partial charge in [-0.25, -0.2) is 0 Å². The molecule has 2 fully saturated rings. The standard InChI is InChI=1S/C13H19NO5/c1-11(2)12(3)5-6-13(11,19-10(12)17)9(16)14-7-8(15)18-4/h5-7H2,1-4H3,(H,14,16)/t12-,13+/m0/s1/i7D/t7?,12-,13+. The highest BCUT2D eigenvalue weighted by Gasteiger charge is 2.75. The topological polar surface area (TPSA) is 81.7 Å². The predicted molar refractivity (Wildman–Crippen MR) is 65.0 cm³/mol. The van der Waals surface area contributed by atoms with Crippen LogP contribution in [-0.4, -0.2) is 37.1 Å². The predicted octanol–water partition coefficient (Wildman–Crippen LogP) is 0.397. The van der Waals surface area contributed by atoms with Gasteiger partial charge < -0.3 is 14.8 Å². The lowest BCUT2D eigenvalue weighted by molar-refractivity contribution is -0.168. The number of ether oxygens (including phenoxy) is 2. The van der Waals surface area contributed by atoms with Crippen LogP contribution in [0, 0.1) is 10.8 Å². The van der Waals surface area contributed by atoms with Gasteiger partial charge in [0.25, 0.3) is 5.91 Å². The lowest BCUT2D eigenvalue weighted by Gasteiger charge is -2.35. The zero-order valence-corrected chi connectivity index (χ0v) is 11.5. The van der Waals surface area contributed by atoms with Crippen LogP contribution in [0.4, 0.5) is 0 Å². The van der Waals surface area contributed by atoms with Crippen molar-refractivity contribution in [2.75, 3.05) is 13.6 Å². The Balaban J connectivity index is 2.27. The monoisotopic (exact) mass is 270 g/mol. The maximum Gasteiger partial charge on any atom is 0.325 e. The Labute approximate surface area is 113 Å². The first kappa shape index (κ1) is 12.4. The molecule has 2 rings (SSSR count). The summed E-state index contributed by atoms with van der Waals surface area (Å²) in [4.78, 5) is 35.7. The molecule has 2 bridgehead atoms. The maximum absolute atomic E-state index is 12.4. The molecule has 0 aromatic heterocycles. The van der Waals surface area contributed by atoms with Gasteiger partial charge in [-0.2, -0.15) is 0 Å². The molecule has 1 saturated carbocycles. The highest BCUT2D eigenvalue weighted by atomic mass is 16.6. The number of methoxy groups -OCH3 is 1. The number of fused-ring (bicyclic) bond motifs is 2. The lowest BCUT2D eigenvalue weighted by Crippen LogP contribution is -2.54. The molecule has 1 saturated heterocycles. The first-order valence-corrected chi connectivity index (χ1v) is 6.17. The Morgan fingerprint density at radius 1 is 1.42 bits per heavy atom. The van der Waals surface area contributed by atoms with E-state index >= 15 is 0 Å². The zero-order valence-electron chi connectivity index (χ0n) is 12.5. The van der Waals surface area contributed by atoms with E-state index in [0.29, 0.717) is 12.8 Å². The van der Waals surface area contributed by atoms with Gasteiger partial charge in [-0.1, -0.05) is 13.8 Å². The molecule has 1 N–H and O–H groups in total. The number of nitrogens with one attached hydrogen (secondary N) is 1. The Morgan fingerprint density at radius 3 is 2.47 bits per heavy atom. The molecule has 0 spiro atoms. The van der Waals surface area contributed by atoms with Gasteiger partial charge in [0, 0.05) is 5.41 Å². The molecule has 2 aliphatic rings. The van der Waals surface area contributed by atoms with E-state index in [4.69, 9.17) is 6.11 Å². The number of rotatable bonds is 3. The van der Waals surface area contributed by atoms with Crippen LogP contribution >= 0.6 is 0 Å². The van der Waals surface area contributed by atoms with Crippen LogP contribution in [0.1, 0.15) is 35.0 Å². The molecule has 106 valence electrons. The van der Waals surface area contributed by atoms with Crippen molar-refractivity contribution in [3.8, 4) is 0 Å². The summed E-state index contributed by atoms with van der Waals surface area (Å²) in [5.41, 5.74) is -2.73. The maximum atomic E-state index is 12.4. The summed E-state index contributed by atoms with van der Waals surface area (Å²) in [6.45, 7) is 3.88. The normalized spacial score (nSPS) is 37.3. The average molecular weight is 270 g/mol. The average Bonchev–Trinajstić information content (AvgIpc) is 2.67. The van der Waals surface area contributed by atoms with Gasteiger partial charge in [0.2, 0.25) is 0 Å². The number of amides is 1. The fourth-order valence-electron chi connectivity index (χ4n) is 3.05. The van der Waals surface area contributed by atoms with Crippen LogP contribution in [0.5, 0.6) is 0 Å². The minimum Gasteiger partial charge on any atom is -0.468 e. The van der Waals surface area contributed by atoms with E-state index < -0.39 is 40.8 Å². The summed E-state index contributed by atoms with van der Waals surface area (Å²) in [7, 11) is 1.14. The van der Waals surface area contributed by atoms with E-state index in [-0.39, 0.29) is 0 Å². The van der Waals surface area contributed by atoms with Crippen LogP contribution in [0.25, 0.3) is 0 Å². The van der Waals surface area contributed by atoms with Crippen molar-refractivity contribution >= 4 is 17.8 Å². The van der Waals surface area contributed by atoms with Crippen molar-refractivity contribution in [3.63, 3.8) is 0 Å². The molecule has 0 radical (unpaired) electrons. The summed E-state index contributed by atoms with van der Waals surface area (Å²) in [6, 6.07) is 0. The van der Waals surface area contributed by atoms with Gasteiger partial charge in [0.05, 0.1) is 13.9 Å². The van der Waals surface area contributed by atoms with E-state index in [1.165, 1.54) is 0 Å². The summed E-state index contributed by atoms with van der Waals surface area (Å²) in [5, 5.41) is 2.26. The quantitative estimate of drug-likeness (QED) is 0.751. The van der Waals surface area contributed by atoms with Gasteiger partial charge in [-0.15, -0.1) is 0 Å². The van der Waals surface area contributed by atoms with E-state index in [1.54, 1.807) is 6.92 Å². The molecule has 1 aliphatic carbocycles. The van der Waals surface area contributed by atoms with Gasteiger partial charge in [0.1, 0.15) is 6.52 Å². The van der Waals surface area contributed by atoms with Crippen molar-refractivity contribution in [1.82, 2.24) is 5.32 Å². The Kier molecular flexibility index (Phi) is 2.59. The highest BCUT2D eigenvalue weighted by molar-refractivity contribution is 5.97. The SMILES string of the molecule is [2H]C(NC(=O)[C@@]12CC[C@@](C)(C(=O)O1)C2(C)C)C(=O)OC. The van der Waals surface area contributed by atoms with Crippen molar-refractivity contribution < 1.29 is 25.2 Å². The lowest BCUT2D eigenvalue weighted by atomic mass is 9.66. The molecular formula is C13H19NO5. The molecule has 1 amide bonds. The Hall–Kier alpha value is -1.59. The third kappa shape index (κ3) is 1.52. The van der Waals surface area contributed by atoms with Crippen LogP contribution in [0.2, 0.25) is 0 Å². The molecule has 1 unspecified atom stereocenters. The van der Waals surface area contributed by atoms with Crippen LogP contribution in [0.3, 0.4) is 0 Å². The molecule has 1 heterocycles. The molecule has 19 heavy (non-hydrogen) atoms. The second-order valence-corrected chi connectivity index (χ2v) is 5.81. The first-order chi connectivity index (χ1) is 9.12. The fraction of sp³-hybridized carbons (Fsp3) is 0.769. The number of hydrogen-bond donors (Lipinski definition) is 1. The Bertz CT molecular complexity index is 491. The molecule has 6 heteroatoms. The third-order valence-electron chi connectivity index (χ3n) is 4.97. The Morgan fingerprint density at radius 2 is 2.05 bits per heavy atom. The van der Waals surface area contributed by atoms with Gasteiger partial charge in [-0.05, 0) is 19.8 Å².